The Balaban J connectivity index is 2.78. The molecule has 0 saturated carbocycles. The lowest BCUT2D eigenvalue weighted by molar-refractivity contribution is 0.360. The van der Waals surface area contributed by atoms with Crippen LogP contribution in [0.1, 0.15) is 19.4 Å². The standard InChI is InChI=1S/C13H13FO/c1-4-11-9-12(14)5-6-13(11)15-8-7-10(2)3/h1,5-7,9H,8H2,2-3H3. The predicted octanol–water partition coefficient (Wildman–Crippen LogP) is 3.15. The Kier molecular flexibility index (Phi) is 3.93. The van der Waals surface area contributed by atoms with Crippen LogP contribution in [-0.4, -0.2) is 6.61 Å². The third kappa shape index (κ3) is 3.47. The van der Waals surface area contributed by atoms with Gasteiger partial charge in [0.2, 0.25) is 0 Å². The fraction of sp³-hybridized carbons (Fsp3) is 0.231. The normalized spacial score (nSPS) is 9.20. The average Bonchev–Trinajstić information content (AvgIpc) is 2.19. The van der Waals surface area contributed by atoms with Gasteiger partial charge in [-0.15, -0.1) is 6.42 Å². The fourth-order valence-corrected chi connectivity index (χ4v) is 1.04. The molecule has 0 bridgehead atoms. The molecular weight excluding hydrogens is 191 g/mol. The molecular formula is C13H13FO. The van der Waals surface area contributed by atoms with Gasteiger partial charge in [0.15, 0.2) is 0 Å². The number of hydrogen-bond donors (Lipinski definition) is 0. The van der Waals surface area contributed by atoms with E-state index < -0.39 is 0 Å². The molecule has 0 aromatic heterocycles. The Morgan fingerprint density at radius 3 is 2.87 bits per heavy atom. The SMILES string of the molecule is C#Cc1cc(F)ccc1OCC=C(C)C. The summed E-state index contributed by atoms with van der Waals surface area (Å²) in [5, 5.41) is 0. The quantitative estimate of drug-likeness (QED) is 0.543. The van der Waals surface area contributed by atoms with Crippen LogP contribution >= 0.6 is 0 Å². The van der Waals surface area contributed by atoms with E-state index in [-0.39, 0.29) is 5.82 Å². The van der Waals surface area contributed by atoms with E-state index in [0.717, 1.165) is 0 Å². The van der Waals surface area contributed by atoms with E-state index in [1.54, 1.807) is 6.07 Å². The molecule has 0 aliphatic rings. The summed E-state index contributed by atoms with van der Waals surface area (Å²) in [5.74, 6) is 2.58. The molecule has 0 spiro atoms. The minimum absolute atomic E-state index is 0.350. The first-order chi connectivity index (χ1) is 7.13. The molecule has 1 rings (SSSR count). The van der Waals surface area contributed by atoms with Crippen molar-refractivity contribution < 1.29 is 9.13 Å². The number of rotatable bonds is 3. The number of hydrogen-bond acceptors (Lipinski definition) is 1. The lowest BCUT2D eigenvalue weighted by Gasteiger charge is -2.06. The summed E-state index contributed by atoms with van der Waals surface area (Å²) in [7, 11) is 0. The van der Waals surface area contributed by atoms with Gasteiger partial charge in [0, 0.05) is 0 Å². The highest BCUT2D eigenvalue weighted by Crippen LogP contribution is 2.18. The lowest BCUT2D eigenvalue weighted by Crippen LogP contribution is -1.96. The first kappa shape index (κ1) is 11.3. The molecule has 0 saturated heterocycles. The average molecular weight is 204 g/mol. The van der Waals surface area contributed by atoms with Crippen molar-refractivity contribution >= 4 is 0 Å². The monoisotopic (exact) mass is 204 g/mol. The van der Waals surface area contributed by atoms with Crippen LogP contribution in [0, 0.1) is 18.2 Å². The second kappa shape index (κ2) is 5.21. The predicted molar refractivity (Wildman–Crippen MR) is 59.3 cm³/mol. The molecule has 0 N–H and O–H groups in total. The molecule has 1 aromatic rings. The molecule has 0 fully saturated rings. The highest BCUT2D eigenvalue weighted by molar-refractivity contribution is 5.45. The van der Waals surface area contributed by atoms with Crippen LogP contribution < -0.4 is 4.74 Å². The molecule has 1 aromatic carbocycles. The highest BCUT2D eigenvalue weighted by atomic mass is 19.1. The van der Waals surface area contributed by atoms with Gasteiger partial charge < -0.3 is 4.74 Å². The summed E-state index contributed by atoms with van der Waals surface area (Å²) in [6.07, 6.45) is 7.17. The number of ether oxygens (including phenoxy) is 1. The van der Waals surface area contributed by atoms with Gasteiger partial charge in [0.1, 0.15) is 18.2 Å². The van der Waals surface area contributed by atoms with Crippen molar-refractivity contribution in [2.45, 2.75) is 13.8 Å². The summed E-state index contributed by atoms with van der Waals surface area (Å²) >= 11 is 0. The molecule has 0 heterocycles. The first-order valence-electron chi connectivity index (χ1n) is 4.66. The van der Waals surface area contributed by atoms with Gasteiger partial charge in [-0.3, -0.25) is 0 Å². The number of benzene rings is 1. The van der Waals surface area contributed by atoms with E-state index in [1.807, 2.05) is 19.9 Å². The van der Waals surface area contributed by atoms with Crippen molar-refractivity contribution in [1.82, 2.24) is 0 Å². The molecule has 15 heavy (non-hydrogen) atoms. The van der Waals surface area contributed by atoms with Crippen LogP contribution in [0.4, 0.5) is 4.39 Å². The Morgan fingerprint density at radius 1 is 1.53 bits per heavy atom. The number of halogens is 1. The van der Waals surface area contributed by atoms with Gasteiger partial charge in [-0.25, -0.2) is 4.39 Å². The lowest BCUT2D eigenvalue weighted by atomic mass is 10.2. The number of terminal acetylenes is 1. The van der Waals surface area contributed by atoms with Crippen molar-refractivity contribution in [2.24, 2.45) is 0 Å². The van der Waals surface area contributed by atoms with E-state index in [9.17, 15) is 4.39 Å². The molecule has 1 nitrogen and oxygen atoms in total. The zero-order valence-electron chi connectivity index (χ0n) is 8.88. The van der Waals surface area contributed by atoms with Gasteiger partial charge in [0.25, 0.3) is 0 Å². The Bertz CT molecular complexity index is 409. The smallest absolute Gasteiger partial charge is 0.135 e. The third-order valence-corrected chi connectivity index (χ3v) is 1.83. The summed E-state index contributed by atoms with van der Waals surface area (Å²) in [6, 6.07) is 4.17. The molecule has 0 unspecified atom stereocenters. The second-order valence-electron chi connectivity index (χ2n) is 3.38. The molecule has 0 aliphatic heterocycles. The Morgan fingerprint density at radius 2 is 2.27 bits per heavy atom. The van der Waals surface area contributed by atoms with Gasteiger partial charge >= 0.3 is 0 Å². The van der Waals surface area contributed by atoms with Crippen molar-refractivity contribution in [3.8, 4) is 18.1 Å². The first-order valence-corrected chi connectivity index (χ1v) is 4.66. The van der Waals surface area contributed by atoms with Crippen molar-refractivity contribution in [2.75, 3.05) is 6.61 Å². The topological polar surface area (TPSA) is 9.23 Å². The van der Waals surface area contributed by atoms with Crippen molar-refractivity contribution in [1.29, 1.82) is 0 Å². The van der Waals surface area contributed by atoms with Crippen molar-refractivity contribution in [3.63, 3.8) is 0 Å². The zero-order chi connectivity index (χ0) is 11.3. The minimum Gasteiger partial charge on any atom is -0.488 e. The van der Waals surface area contributed by atoms with E-state index in [2.05, 4.69) is 5.92 Å². The largest absolute Gasteiger partial charge is 0.488 e. The van der Waals surface area contributed by atoms with Gasteiger partial charge in [-0.05, 0) is 38.1 Å². The molecule has 0 aliphatic carbocycles. The maximum atomic E-state index is 12.8. The van der Waals surface area contributed by atoms with Gasteiger partial charge in [-0.2, -0.15) is 0 Å². The van der Waals surface area contributed by atoms with Crippen LogP contribution in [0.2, 0.25) is 0 Å². The third-order valence-electron chi connectivity index (χ3n) is 1.83. The van der Waals surface area contributed by atoms with E-state index >= 15 is 0 Å². The molecule has 0 radical (unpaired) electrons. The van der Waals surface area contributed by atoms with Crippen LogP contribution in [0.25, 0.3) is 0 Å². The second-order valence-corrected chi connectivity index (χ2v) is 3.38. The van der Waals surface area contributed by atoms with Gasteiger partial charge in [0.05, 0.1) is 5.56 Å². The molecule has 0 amide bonds. The summed E-state index contributed by atoms with van der Waals surface area (Å²) in [5.41, 5.74) is 1.61. The Hall–Kier alpha value is -1.75. The number of allylic oxidation sites excluding steroid dienone is 1. The molecule has 2 heteroatoms. The highest BCUT2D eigenvalue weighted by Gasteiger charge is 2.01. The van der Waals surface area contributed by atoms with Crippen LogP contribution in [0.15, 0.2) is 29.8 Å². The maximum absolute atomic E-state index is 12.8. The summed E-state index contributed by atoms with van der Waals surface area (Å²) < 4.78 is 18.2. The van der Waals surface area contributed by atoms with E-state index in [0.29, 0.717) is 17.9 Å². The van der Waals surface area contributed by atoms with Crippen LogP contribution in [-0.2, 0) is 0 Å². The summed E-state index contributed by atoms with van der Waals surface area (Å²) in [4.78, 5) is 0. The fourth-order valence-electron chi connectivity index (χ4n) is 1.04. The van der Waals surface area contributed by atoms with Crippen molar-refractivity contribution in [3.05, 3.63) is 41.2 Å². The maximum Gasteiger partial charge on any atom is 0.135 e. The van der Waals surface area contributed by atoms with E-state index in [4.69, 9.17) is 11.2 Å². The Labute approximate surface area is 89.6 Å². The van der Waals surface area contributed by atoms with Crippen LogP contribution in [0.5, 0.6) is 5.75 Å². The minimum atomic E-state index is -0.350. The van der Waals surface area contributed by atoms with Crippen LogP contribution in [0.3, 0.4) is 0 Å². The molecule has 78 valence electrons. The van der Waals surface area contributed by atoms with Gasteiger partial charge in [-0.1, -0.05) is 11.5 Å². The molecule has 0 atom stereocenters. The zero-order valence-corrected chi connectivity index (χ0v) is 8.88. The summed E-state index contributed by atoms with van der Waals surface area (Å²) in [6.45, 7) is 4.41. The van der Waals surface area contributed by atoms with E-state index in [1.165, 1.54) is 17.7 Å².